The van der Waals surface area contributed by atoms with Crippen LogP contribution in [0, 0.1) is 11.3 Å². The van der Waals surface area contributed by atoms with Gasteiger partial charge in [-0.2, -0.15) is 0 Å². The van der Waals surface area contributed by atoms with Gasteiger partial charge in [-0.05, 0) is 30.2 Å². The number of carbonyl (C=O) groups is 1. The van der Waals surface area contributed by atoms with Crippen molar-refractivity contribution < 1.29 is 9.90 Å². The summed E-state index contributed by atoms with van der Waals surface area (Å²) in [5.74, 6) is 0.172. The van der Waals surface area contributed by atoms with Gasteiger partial charge in [-0.15, -0.1) is 0 Å². The number of rotatable bonds is 5. The fraction of sp³-hybridized carbons (Fsp3) is 0.611. The maximum Gasteiger partial charge on any atom is 0.223 e. The van der Waals surface area contributed by atoms with Crippen LogP contribution < -0.4 is 5.32 Å². The number of hydrogen-bond acceptors (Lipinski definition) is 2. The van der Waals surface area contributed by atoms with E-state index in [0.29, 0.717) is 6.42 Å². The molecule has 1 aliphatic rings. The zero-order valence-electron chi connectivity index (χ0n) is 13.1. The normalized spacial score (nSPS) is 22.5. The van der Waals surface area contributed by atoms with E-state index in [1.807, 2.05) is 30.3 Å². The lowest BCUT2D eigenvalue weighted by molar-refractivity contribution is -0.131. The molecule has 2 unspecified atom stereocenters. The summed E-state index contributed by atoms with van der Waals surface area (Å²) in [4.78, 5) is 12.6. The maximum atomic E-state index is 12.6. The molecule has 0 aliphatic heterocycles. The van der Waals surface area contributed by atoms with E-state index in [4.69, 9.17) is 0 Å². The lowest BCUT2D eigenvalue weighted by atomic mass is 9.68. The van der Waals surface area contributed by atoms with Crippen molar-refractivity contribution in [3.63, 3.8) is 0 Å². The number of carbonyl (C=O) groups excluding carboxylic acids is 1. The molecular weight excluding hydrogens is 262 g/mol. The molecule has 1 fully saturated rings. The van der Waals surface area contributed by atoms with Crippen molar-refractivity contribution in [2.24, 2.45) is 11.3 Å². The second kappa shape index (κ2) is 7.08. The van der Waals surface area contributed by atoms with Crippen LogP contribution in [0.4, 0.5) is 0 Å². The minimum atomic E-state index is -0.197. The van der Waals surface area contributed by atoms with Gasteiger partial charge < -0.3 is 10.4 Å². The predicted octanol–water partition coefficient (Wildman–Crippen LogP) is 2.92. The van der Waals surface area contributed by atoms with Gasteiger partial charge in [-0.1, -0.05) is 57.0 Å². The summed E-state index contributed by atoms with van der Waals surface area (Å²) in [6, 6.07) is 9.79. The molecular formula is C18H27NO2. The molecule has 2 atom stereocenters. The highest BCUT2D eigenvalue weighted by Crippen LogP contribution is 2.40. The van der Waals surface area contributed by atoms with Crippen molar-refractivity contribution in [1.29, 1.82) is 0 Å². The third-order valence-corrected chi connectivity index (χ3v) is 4.72. The summed E-state index contributed by atoms with van der Waals surface area (Å²) in [7, 11) is 0. The molecule has 116 valence electrons. The molecule has 2 rings (SSSR count). The van der Waals surface area contributed by atoms with Crippen molar-refractivity contribution in [3.05, 3.63) is 35.9 Å². The molecule has 0 saturated heterocycles. The topological polar surface area (TPSA) is 49.3 Å². The predicted molar refractivity (Wildman–Crippen MR) is 84.9 cm³/mol. The third kappa shape index (κ3) is 4.31. The summed E-state index contributed by atoms with van der Waals surface area (Å²) in [6.45, 7) is 4.34. The first-order valence-electron chi connectivity index (χ1n) is 7.98. The molecule has 2 N–H and O–H groups in total. The average Bonchev–Trinajstić information content (AvgIpc) is 2.47. The second-order valence-electron chi connectivity index (χ2n) is 6.86. The highest BCUT2D eigenvalue weighted by atomic mass is 16.3. The maximum absolute atomic E-state index is 12.6. The Morgan fingerprint density at radius 3 is 2.67 bits per heavy atom. The summed E-state index contributed by atoms with van der Waals surface area (Å²) < 4.78 is 0. The zero-order valence-corrected chi connectivity index (χ0v) is 13.1. The average molecular weight is 289 g/mol. The van der Waals surface area contributed by atoms with E-state index in [1.54, 1.807) is 0 Å². The number of aliphatic hydroxyl groups is 1. The molecule has 0 radical (unpaired) electrons. The zero-order chi connectivity index (χ0) is 15.3. The van der Waals surface area contributed by atoms with Crippen LogP contribution in [0.2, 0.25) is 0 Å². The smallest absolute Gasteiger partial charge is 0.223 e. The Balaban J connectivity index is 1.96. The van der Waals surface area contributed by atoms with Crippen LogP contribution in [0.3, 0.4) is 0 Å². The van der Waals surface area contributed by atoms with Crippen LogP contribution in [0.5, 0.6) is 0 Å². The van der Waals surface area contributed by atoms with E-state index < -0.39 is 0 Å². The molecule has 0 spiro atoms. The summed E-state index contributed by atoms with van der Waals surface area (Å²) in [5, 5.41) is 12.6. The van der Waals surface area contributed by atoms with Crippen LogP contribution in [0.15, 0.2) is 30.3 Å². The Labute approximate surface area is 127 Å². The summed E-state index contributed by atoms with van der Waals surface area (Å²) >= 11 is 0. The van der Waals surface area contributed by atoms with Gasteiger partial charge in [0.15, 0.2) is 0 Å². The van der Waals surface area contributed by atoms with Gasteiger partial charge in [0.1, 0.15) is 0 Å². The molecule has 1 aromatic carbocycles. The van der Waals surface area contributed by atoms with E-state index in [-0.39, 0.29) is 29.9 Å². The van der Waals surface area contributed by atoms with Gasteiger partial charge >= 0.3 is 0 Å². The van der Waals surface area contributed by atoms with E-state index in [9.17, 15) is 9.90 Å². The largest absolute Gasteiger partial charge is 0.394 e. The molecule has 0 aromatic heterocycles. The molecule has 0 bridgehead atoms. The first-order valence-corrected chi connectivity index (χ1v) is 7.98. The lowest BCUT2D eigenvalue weighted by Gasteiger charge is -2.38. The molecule has 3 nitrogen and oxygen atoms in total. The fourth-order valence-corrected chi connectivity index (χ4v) is 3.34. The molecule has 0 heterocycles. The minimum Gasteiger partial charge on any atom is -0.394 e. The summed E-state index contributed by atoms with van der Waals surface area (Å²) in [6.07, 6.45) is 5.08. The Morgan fingerprint density at radius 1 is 1.33 bits per heavy atom. The standard InChI is InChI=1S/C18H27NO2/c1-18(2)11-7-6-10-16(18)17(21)19-15(13-20)12-14-8-4-3-5-9-14/h3-5,8-9,15-16,20H,6-7,10-13H2,1-2H3,(H,19,21). The van der Waals surface area contributed by atoms with Crippen LogP contribution >= 0.6 is 0 Å². The van der Waals surface area contributed by atoms with Gasteiger partial charge in [-0.25, -0.2) is 0 Å². The Bertz CT molecular complexity index is 456. The van der Waals surface area contributed by atoms with Crippen molar-refractivity contribution in [2.45, 2.75) is 52.0 Å². The SMILES string of the molecule is CC1(C)CCCCC1C(=O)NC(CO)Cc1ccccc1. The van der Waals surface area contributed by atoms with E-state index in [1.165, 1.54) is 6.42 Å². The van der Waals surface area contributed by atoms with Crippen molar-refractivity contribution in [3.8, 4) is 0 Å². The molecule has 3 heteroatoms. The number of amides is 1. The van der Waals surface area contributed by atoms with Gasteiger partial charge in [0.05, 0.1) is 12.6 Å². The summed E-state index contributed by atoms with van der Waals surface area (Å²) in [5.41, 5.74) is 1.20. The van der Waals surface area contributed by atoms with Crippen molar-refractivity contribution >= 4 is 5.91 Å². The number of aliphatic hydroxyl groups excluding tert-OH is 1. The Kier molecular flexibility index (Phi) is 5.40. The molecule has 1 saturated carbocycles. The number of nitrogens with one attached hydrogen (secondary N) is 1. The van der Waals surface area contributed by atoms with Gasteiger partial charge in [0.25, 0.3) is 0 Å². The quantitative estimate of drug-likeness (QED) is 0.875. The highest BCUT2D eigenvalue weighted by Gasteiger charge is 2.37. The molecule has 1 amide bonds. The van der Waals surface area contributed by atoms with Crippen molar-refractivity contribution in [2.75, 3.05) is 6.61 Å². The van der Waals surface area contributed by atoms with E-state index in [2.05, 4.69) is 19.2 Å². The highest BCUT2D eigenvalue weighted by molar-refractivity contribution is 5.79. The minimum absolute atomic E-state index is 0.0201. The van der Waals surface area contributed by atoms with Crippen LogP contribution in [0.1, 0.15) is 45.1 Å². The molecule has 21 heavy (non-hydrogen) atoms. The van der Waals surface area contributed by atoms with Gasteiger partial charge in [0.2, 0.25) is 5.91 Å². The van der Waals surface area contributed by atoms with Gasteiger partial charge in [-0.3, -0.25) is 4.79 Å². The first kappa shape index (κ1) is 16.0. The Morgan fingerprint density at radius 2 is 2.05 bits per heavy atom. The fourth-order valence-electron chi connectivity index (χ4n) is 3.34. The lowest BCUT2D eigenvalue weighted by Crippen LogP contribution is -2.47. The van der Waals surface area contributed by atoms with Gasteiger partial charge in [0, 0.05) is 5.92 Å². The Hall–Kier alpha value is -1.35. The first-order chi connectivity index (χ1) is 10.0. The number of hydrogen-bond donors (Lipinski definition) is 2. The van der Waals surface area contributed by atoms with Crippen LogP contribution in [-0.2, 0) is 11.2 Å². The van der Waals surface area contributed by atoms with E-state index in [0.717, 1.165) is 24.8 Å². The molecule has 1 aromatic rings. The number of benzene rings is 1. The third-order valence-electron chi connectivity index (χ3n) is 4.72. The van der Waals surface area contributed by atoms with E-state index >= 15 is 0 Å². The van der Waals surface area contributed by atoms with Crippen LogP contribution in [0.25, 0.3) is 0 Å². The second-order valence-corrected chi connectivity index (χ2v) is 6.86. The molecule has 1 aliphatic carbocycles. The monoisotopic (exact) mass is 289 g/mol. The van der Waals surface area contributed by atoms with Crippen LogP contribution in [-0.4, -0.2) is 23.7 Å². The van der Waals surface area contributed by atoms with Crippen molar-refractivity contribution in [1.82, 2.24) is 5.32 Å².